The fourth-order valence-electron chi connectivity index (χ4n) is 3.11. The number of nitrogens with zero attached hydrogens (tertiary/aromatic N) is 3. The quantitative estimate of drug-likeness (QED) is 0.153. The maximum Gasteiger partial charge on any atom is 0.405 e. The van der Waals surface area contributed by atoms with Gasteiger partial charge in [0.1, 0.15) is 30.6 Å². The Bertz CT molecular complexity index is 1300. The van der Waals surface area contributed by atoms with Crippen molar-refractivity contribution in [1.82, 2.24) is 20.6 Å². The van der Waals surface area contributed by atoms with Crippen molar-refractivity contribution < 1.29 is 33.5 Å². The minimum atomic E-state index is -1.39. The Kier molecular flexibility index (Phi) is 8.86. The molecule has 4 N–H and O–H groups in total. The van der Waals surface area contributed by atoms with Crippen LogP contribution < -0.4 is 20.7 Å². The number of aromatic nitrogens is 2. The van der Waals surface area contributed by atoms with Crippen molar-refractivity contribution in [2.24, 2.45) is 0 Å². The summed E-state index contributed by atoms with van der Waals surface area (Å²) in [5.41, 5.74) is 0.00863. The second-order valence-corrected chi connectivity index (χ2v) is 8.08. The molecular formula is C21H20BrFN6O7. The van der Waals surface area contributed by atoms with Gasteiger partial charge in [0.05, 0.1) is 34.7 Å². The van der Waals surface area contributed by atoms with Crippen LogP contribution in [0.1, 0.15) is 0 Å². The van der Waals surface area contributed by atoms with Crippen LogP contribution >= 0.6 is 15.9 Å². The van der Waals surface area contributed by atoms with E-state index in [0.717, 1.165) is 0 Å². The number of amides is 2. The number of rotatable bonds is 11. The molecule has 1 unspecified atom stereocenters. The van der Waals surface area contributed by atoms with E-state index in [0.29, 0.717) is 9.99 Å². The highest BCUT2D eigenvalue weighted by Gasteiger charge is 2.22. The van der Waals surface area contributed by atoms with E-state index in [1.54, 1.807) is 6.07 Å². The highest BCUT2D eigenvalue weighted by molar-refractivity contribution is 9.10. The Morgan fingerprint density at radius 2 is 2.06 bits per heavy atom. The summed E-state index contributed by atoms with van der Waals surface area (Å²) in [6, 6.07) is 5.76. The number of nitro benzene ring substituents is 1. The van der Waals surface area contributed by atoms with E-state index in [-0.39, 0.29) is 42.4 Å². The molecule has 1 heterocycles. The summed E-state index contributed by atoms with van der Waals surface area (Å²) in [6.07, 6.45) is -0.184. The van der Waals surface area contributed by atoms with Gasteiger partial charge < -0.3 is 30.5 Å². The first kappa shape index (κ1) is 26.5. The average Bonchev–Trinajstić information content (AvgIpc) is 2.82. The monoisotopic (exact) mass is 566 g/mol. The Morgan fingerprint density at radius 1 is 1.28 bits per heavy atom. The van der Waals surface area contributed by atoms with Gasteiger partial charge in [-0.25, -0.2) is 19.2 Å². The van der Waals surface area contributed by atoms with Gasteiger partial charge in [0.15, 0.2) is 5.75 Å². The number of fused-ring (bicyclic) bond motifs is 1. The number of nitro groups is 1. The summed E-state index contributed by atoms with van der Waals surface area (Å²) < 4.78 is 25.1. The predicted molar refractivity (Wildman–Crippen MR) is 129 cm³/mol. The van der Waals surface area contributed by atoms with E-state index in [4.69, 9.17) is 14.6 Å². The van der Waals surface area contributed by atoms with Gasteiger partial charge in [0.25, 0.3) is 0 Å². The van der Waals surface area contributed by atoms with Crippen LogP contribution in [-0.4, -0.2) is 64.9 Å². The van der Waals surface area contributed by atoms with Crippen LogP contribution in [-0.2, 0) is 9.53 Å². The van der Waals surface area contributed by atoms with E-state index in [1.165, 1.54) is 37.7 Å². The fourth-order valence-corrected chi connectivity index (χ4v) is 3.44. The molecule has 0 bridgehead atoms. The zero-order valence-electron chi connectivity index (χ0n) is 18.7. The van der Waals surface area contributed by atoms with Crippen molar-refractivity contribution in [1.29, 1.82) is 0 Å². The smallest absolute Gasteiger partial charge is 0.405 e. The van der Waals surface area contributed by atoms with Crippen molar-refractivity contribution in [2.45, 2.75) is 6.04 Å². The molecule has 0 spiro atoms. The van der Waals surface area contributed by atoms with Crippen LogP contribution in [0.15, 0.2) is 41.1 Å². The molecular weight excluding hydrogens is 547 g/mol. The second kappa shape index (κ2) is 12.0. The van der Waals surface area contributed by atoms with Crippen molar-refractivity contribution >= 4 is 56.0 Å². The Hall–Kier alpha value is -4.11. The number of anilines is 2. The summed E-state index contributed by atoms with van der Waals surface area (Å²) >= 11 is 3.17. The zero-order chi connectivity index (χ0) is 26.2. The molecule has 0 saturated carbocycles. The molecule has 0 saturated heterocycles. The fraction of sp³-hybridized carbons (Fsp3) is 0.238. The topological polar surface area (TPSA) is 178 Å². The van der Waals surface area contributed by atoms with Crippen LogP contribution in [0.4, 0.5) is 26.4 Å². The third-order valence-corrected chi connectivity index (χ3v) is 5.20. The molecule has 2 aromatic carbocycles. The molecule has 1 atom stereocenters. The maximum absolute atomic E-state index is 14.3. The number of carboxylic acid groups (broad SMARTS) is 1. The zero-order valence-corrected chi connectivity index (χ0v) is 20.2. The number of hydrogen-bond acceptors (Lipinski definition) is 9. The summed E-state index contributed by atoms with van der Waals surface area (Å²) in [6.45, 7) is -0.421. The summed E-state index contributed by atoms with van der Waals surface area (Å²) in [4.78, 5) is 42.1. The van der Waals surface area contributed by atoms with Gasteiger partial charge in [-0.2, -0.15) is 0 Å². The van der Waals surface area contributed by atoms with Gasteiger partial charge in [-0.05, 0) is 18.2 Å². The van der Waals surface area contributed by atoms with Crippen LogP contribution in [0.5, 0.6) is 5.75 Å². The Balaban J connectivity index is 1.76. The predicted octanol–water partition coefficient (Wildman–Crippen LogP) is 2.96. The lowest BCUT2D eigenvalue weighted by molar-refractivity contribution is -0.385. The molecule has 3 aromatic rings. The number of carbonyl (C=O) groups excluding carboxylic acids is 1. The largest absolute Gasteiger partial charge is 0.485 e. The van der Waals surface area contributed by atoms with Gasteiger partial charge in [0, 0.05) is 23.7 Å². The average molecular weight is 567 g/mol. The number of halogens is 2. The SMILES string of the molecule is COCC(NC(=O)O)C(=O)NCCOc1cc2ncnc(Nc3ccc(Br)cc3F)c2cc1[N+](=O)[O-]. The van der Waals surface area contributed by atoms with E-state index in [1.807, 2.05) is 5.32 Å². The van der Waals surface area contributed by atoms with Crippen molar-refractivity contribution in [3.63, 3.8) is 0 Å². The molecule has 190 valence electrons. The lowest BCUT2D eigenvalue weighted by Crippen LogP contribution is -2.49. The summed E-state index contributed by atoms with van der Waals surface area (Å²) in [7, 11) is 1.31. The van der Waals surface area contributed by atoms with Gasteiger partial charge in [-0.15, -0.1) is 0 Å². The lowest BCUT2D eigenvalue weighted by atomic mass is 10.2. The van der Waals surface area contributed by atoms with Crippen LogP contribution in [0.3, 0.4) is 0 Å². The van der Waals surface area contributed by atoms with E-state index in [2.05, 4.69) is 36.5 Å². The normalized spacial score (nSPS) is 11.5. The Labute approximate surface area is 211 Å². The number of ether oxygens (including phenoxy) is 2. The first-order valence-corrected chi connectivity index (χ1v) is 11.0. The van der Waals surface area contributed by atoms with Crippen molar-refractivity contribution in [3.8, 4) is 5.75 Å². The molecule has 0 aliphatic heterocycles. The van der Waals surface area contributed by atoms with Crippen molar-refractivity contribution in [2.75, 3.05) is 32.2 Å². The van der Waals surface area contributed by atoms with Crippen LogP contribution in [0.25, 0.3) is 10.9 Å². The number of methoxy groups -OCH3 is 1. The molecule has 3 rings (SSSR count). The van der Waals surface area contributed by atoms with Gasteiger partial charge >= 0.3 is 11.8 Å². The third-order valence-electron chi connectivity index (χ3n) is 4.70. The molecule has 15 heteroatoms. The number of benzene rings is 2. The highest BCUT2D eigenvalue weighted by Crippen LogP contribution is 2.35. The molecule has 0 radical (unpaired) electrons. The molecule has 36 heavy (non-hydrogen) atoms. The second-order valence-electron chi connectivity index (χ2n) is 7.16. The number of hydrogen-bond donors (Lipinski definition) is 4. The highest BCUT2D eigenvalue weighted by atomic mass is 79.9. The summed E-state index contributed by atoms with van der Waals surface area (Å²) in [5, 5.41) is 28.0. The van der Waals surface area contributed by atoms with Gasteiger partial charge in [0.2, 0.25) is 5.91 Å². The van der Waals surface area contributed by atoms with E-state index in [9.17, 15) is 24.1 Å². The third kappa shape index (κ3) is 6.73. The molecule has 2 amide bonds. The Morgan fingerprint density at radius 3 is 2.72 bits per heavy atom. The molecule has 0 aliphatic rings. The summed E-state index contributed by atoms with van der Waals surface area (Å²) in [5.74, 6) is -1.17. The first-order chi connectivity index (χ1) is 17.2. The van der Waals surface area contributed by atoms with E-state index < -0.39 is 34.5 Å². The maximum atomic E-state index is 14.3. The molecule has 0 fully saturated rings. The number of nitrogens with one attached hydrogen (secondary N) is 3. The lowest BCUT2D eigenvalue weighted by Gasteiger charge is -2.16. The minimum Gasteiger partial charge on any atom is -0.485 e. The van der Waals surface area contributed by atoms with Gasteiger partial charge in [-0.1, -0.05) is 15.9 Å². The number of carbonyl (C=O) groups is 2. The van der Waals surface area contributed by atoms with Crippen LogP contribution in [0, 0.1) is 15.9 Å². The first-order valence-electron chi connectivity index (χ1n) is 10.2. The van der Waals surface area contributed by atoms with Gasteiger partial charge in [-0.3, -0.25) is 14.9 Å². The molecule has 13 nitrogen and oxygen atoms in total. The van der Waals surface area contributed by atoms with Crippen molar-refractivity contribution in [3.05, 3.63) is 57.1 Å². The molecule has 1 aromatic heterocycles. The molecule has 0 aliphatic carbocycles. The van der Waals surface area contributed by atoms with Crippen LogP contribution in [0.2, 0.25) is 0 Å². The van der Waals surface area contributed by atoms with E-state index >= 15 is 0 Å². The standard InChI is InChI=1S/C21H20BrFN6O7/c1-35-9-16(28-21(31)32)20(30)24-4-5-36-18-8-15-12(7-17(18)29(33)34)19(26-10-25-15)27-14-3-2-11(22)6-13(14)23/h2-3,6-8,10,16,28H,4-5,9H2,1H3,(H,24,30)(H,31,32)(H,25,26,27). The minimum absolute atomic E-state index is 0.0744.